The highest BCUT2D eigenvalue weighted by atomic mass is 19.1. The van der Waals surface area contributed by atoms with Gasteiger partial charge in [0.05, 0.1) is 0 Å². The van der Waals surface area contributed by atoms with E-state index in [-0.39, 0.29) is 17.6 Å². The molecule has 0 spiro atoms. The molecule has 3 nitrogen and oxygen atoms in total. The molecular formula is C16H24FNO2. The zero-order valence-corrected chi connectivity index (χ0v) is 12.8. The van der Waals surface area contributed by atoms with Crippen LogP contribution >= 0.6 is 0 Å². The quantitative estimate of drug-likeness (QED) is 0.917. The third kappa shape index (κ3) is 8.40. The highest BCUT2D eigenvalue weighted by molar-refractivity contribution is 5.93. The lowest BCUT2D eigenvalue weighted by molar-refractivity contribution is -0.129. The Balaban J connectivity index is 0.000000370. The monoisotopic (exact) mass is 281 g/mol. The fourth-order valence-electron chi connectivity index (χ4n) is 1.64. The summed E-state index contributed by atoms with van der Waals surface area (Å²) in [4.78, 5) is 20.7. The first-order valence-corrected chi connectivity index (χ1v) is 6.96. The maximum Gasteiger partial charge on any atom is 0.226 e. The average Bonchev–Trinajstić information content (AvgIpc) is 2.34. The van der Waals surface area contributed by atoms with Crippen LogP contribution in [0.1, 0.15) is 51.2 Å². The van der Waals surface area contributed by atoms with Gasteiger partial charge in [0.2, 0.25) is 11.8 Å². The molecule has 112 valence electrons. The second-order valence-electron chi connectivity index (χ2n) is 4.69. The van der Waals surface area contributed by atoms with E-state index >= 15 is 0 Å². The van der Waals surface area contributed by atoms with Crippen molar-refractivity contribution < 1.29 is 14.0 Å². The number of rotatable bonds is 4. The fourth-order valence-corrected chi connectivity index (χ4v) is 1.64. The molecule has 1 rings (SSSR count). The minimum absolute atomic E-state index is 0.107. The fraction of sp³-hybridized carbons (Fsp3) is 0.500. The summed E-state index contributed by atoms with van der Waals surface area (Å²) in [6.45, 7) is 7.14. The summed E-state index contributed by atoms with van der Waals surface area (Å²) in [5.41, 5.74) is 1.97. The first-order valence-electron chi connectivity index (χ1n) is 6.96. The number of carbonyl (C=O) groups excluding carboxylic acids is 2. The molecule has 1 aromatic rings. The molecule has 0 fully saturated rings. The van der Waals surface area contributed by atoms with Gasteiger partial charge in [0.1, 0.15) is 5.82 Å². The Labute approximate surface area is 120 Å². The van der Waals surface area contributed by atoms with E-state index in [0.717, 1.165) is 24.8 Å². The van der Waals surface area contributed by atoms with E-state index in [4.69, 9.17) is 0 Å². The van der Waals surface area contributed by atoms with Gasteiger partial charge in [-0.25, -0.2) is 4.39 Å². The second-order valence-corrected chi connectivity index (χ2v) is 4.69. The topological polar surface area (TPSA) is 46.2 Å². The maximum atomic E-state index is 12.7. The summed E-state index contributed by atoms with van der Waals surface area (Å²) in [5.74, 6) is -0.580. The molecule has 2 amide bonds. The standard InChI is InChI=1S/C10H13F.C6H11NO2/c1-3-4-9-5-6-10(11)8(2)7-9;1-3-4-6(9)7-5(2)8/h5-7H,3-4H2,1-2H3;3-4H2,1-2H3,(H,7,8,9). The van der Waals surface area contributed by atoms with Crippen LogP contribution in [0.4, 0.5) is 4.39 Å². The molecule has 0 atom stereocenters. The van der Waals surface area contributed by atoms with E-state index in [0.29, 0.717) is 6.42 Å². The zero-order chi connectivity index (χ0) is 15.5. The van der Waals surface area contributed by atoms with Gasteiger partial charge in [0, 0.05) is 13.3 Å². The molecule has 0 unspecified atom stereocenters. The number of nitrogens with one attached hydrogen (secondary N) is 1. The normalized spacial score (nSPS) is 9.45. The summed E-state index contributed by atoms with van der Waals surface area (Å²) < 4.78 is 12.7. The average molecular weight is 281 g/mol. The van der Waals surface area contributed by atoms with Gasteiger partial charge in [-0.05, 0) is 37.0 Å². The Kier molecular flexibility index (Phi) is 9.26. The Morgan fingerprint density at radius 3 is 2.30 bits per heavy atom. The summed E-state index contributed by atoms with van der Waals surface area (Å²) in [6.07, 6.45) is 3.37. The van der Waals surface area contributed by atoms with E-state index in [1.54, 1.807) is 13.0 Å². The molecule has 0 bridgehead atoms. The van der Waals surface area contributed by atoms with Gasteiger partial charge >= 0.3 is 0 Å². The van der Waals surface area contributed by atoms with Crippen LogP contribution in [0.5, 0.6) is 0 Å². The van der Waals surface area contributed by atoms with Crippen molar-refractivity contribution in [2.24, 2.45) is 0 Å². The number of halogens is 1. The SMILES string of the molecule is CCCC(=O)NC(C)=O.CCCc1ccc(F)c(C)c1. The predicted molar refractivity (Wildman–Crippen MR) is 78.9 cm³/mol. The van der Waals surface area contributed by atoms with E-state index in [9.17, 15) is 14.0 Å². The lowest BCUT2D eigenvalue weighted by Gasteiger charge is -2.00. The highest BCUT2D eigenvalue weighted by Gasteiger charge is 1.99. The molecule has 0 aromatic heterocycles. The summed E-state index contributed by atoms with van der Waals surface area (Å²) >= 11 is 0. The third-order valence-corrected chi connectivity index (χ3v) is 2.55. The minimum atomic E-state index is -0.284. The van der Waals surface area contributed by atoms with E-state index in [1.807, 2.05) is 19.1 Å². The summed E-state index contributed by atoms with van der Waals surface area (Å²) in [7, 11) is 0. The van der Waals surface area contributed by atoms with Crippen molar-refractivity contribution in [1.82, 2.24) is 5.32 Å². The van der Waals surface area contributed by atoms with Crippen molar-refractivity contribution in [3.8, 4) is 0 Å². The number of carbonyl (C=O) groups is 2. The highest BCUT2D eigenvalue weighted by Crippen LogP contribution is 2.10. The molecule has 0 heterocycles. The Morgan fingerprint density at radius 2 is 1.85 bits per heavy atom. The van der Waals surface area contributed by atoms with Crippen molar-refractivity contribution in [2.45, 2.75) is 53.4 Å². The lowest BCUT2D eigenvalue weighted by atomic mass is 10.1. The molecule has 0 aliphatic heterocycles. The van der Waals surface area contributed by atoms with Crippen molar-refractivity contribution in [3.05, 3.63) is 35.1 Å². The van der Waals surface area contributed by atoms with Crippen molar-refractivity contribution >= 4 is 11.8 Å². The van der Waals surface area contributed by atoms with Crippen LogP contribution in [0.25, 0.3) is 0 Å². The van der Waals surface area contributed by atoms with Crippen LogP contribution in [0.3, 0.4) is 0 Å². The van der Waals surface area contributed by atoms with Crippen LogP contribution in [-0.2, 0) is 16.0 Å². The third-order valence-electron chi connectivity index (χ3n) is 2.55. The van der Waals surface area contributed by atoms with Crippen LogP contribution in [0, 0.1) is 12.7 Å². The zero-order valence-electron chi connectivity index (χ0n) is 12.8. The predicted octanol–water partition coefficient (Wildman–Crippen LogP) is 3.54. The van der Waals surface area contributed by atoms with Crippen LogP contribution in [0.2, 0.25) is 0 Å². The van der Waals surface area contributed by atoms with Crippen molar-refractivity contribution in [1.29, 1.82) is 0 Å². The van der Waals surface area contributed by atoms with Crippen LogP contribution in [-0.4, -0.2) is 11.8 Å². The van der Waals surface area contributed by atoms with Gasteiger partial charge in [-0.1, -0.05) is 32.4 Å². The molecule has 0 aliphatic carbocycles. The Morgan fingerprint density at radius 1 is 1.20 bits per heavy atom. The number of amides is 2. The van der Waals surface area contributed by atoms with Gasteiger partial charge in [-0.15, -0.1) is 0 Å². The van der Waals surface area contributed by atoms with E-state index < -0.39 is 0 Å². The lowest BCUT2D eigenvalue weighted by Crippen LogP contribution is -2.27. The van der Waals surface area contributed by atoms with Crippen LogP contribution in [0.15, 0.2) is 18.2 Å². The number of benzene rings is 1. The molecular weight excluding hydrogens is 257 g/mol. The molecule has 0 radical (unpaired) electrons. The molecule has 4 heteroatoms. The largest absolute Gasteiger partial charge is 0.297 e. The van der Waals surface area contributed by atoms with Gasteiger partial charge in [0.15, 0.2) is 0 Å². The second kappa shape index (κ2) is 10.1. The number of aryl methyl sites for hydroxylation is 2. The van der Waals surface area contributed by atoms with Gasteiger partial charge in [0.25, 0.3) is 0 Å². The van der Waals surface area contributed by atoms with Gasteiger partial charge < -0.3 is 0 Å². The number of hydrogen-bond donors (Lipinski definition) is 1. The van der Waals surface area contributed by atoms with E-state index in [2.05, 4.69) is 12.2 Å². The molecule has 0 aliphatic rings. The van der Waals surface area contributed by atoms with Gasteiger partial charge in [-0.3, -0.25) is 14.9 Å². The molecule has 0 saturated heterocycles. The first-order chi connectivity index (χ1) is 9.40. The van der Waals surface area contributed by atoms with Gasteiger partial charge in [-0.2, -0.15) is 0 Å². The number of imide groups is 1. The maximum absolute atomic E-state index is 12.7. The molecule has 1 aromatic carbocycles. The molecule has 20 heavy (non-hydrogen) atoms. The Bertz CT molecular complexity index is 444. The molecule has 1 N–H and O–H groups in total. The first kappa shape index (κ1) is 18.3. The number of hydrogen-bond acceptors (Lipinski definition) is 2. The summed E-state index contributed by atoms with van der Waals surface area (Å²) in [5, 5.41) is 2.17. The smallest absolute Gasteiger partial charge is 0.226 e. The van der Waals surface area contributed by atoms with Crippen molar-refractivity contribution in [2.75, 3.05) is 0 Å². The summed E-state index contributed by atoms with van der Waals surface area (Å²) in [6, 6.07) is 5.31. The van der Waals surface area contributed by atoms with Crippen molar-refractivity contribution in [3.63, 3.8) is 0 Å². The van der Waals surface area contributed by atoms with Crippen LogP contribution < -0.4 is 5.32 Å². The Hall–Kier alpha value is -1.71. The minimum Gasteiger partial charge on any atom is -0.297 e. The van der Waals surface area contributed by atoms with E-state index in [1.165, 1.54) is 12.5 Å². The molecule has 0 saturated carbocycles.